The molecule has 1 heterocycles. The van der Waals surface area contributed by atoms with E-state index < -0.39 is 63.9 Å². The van der Waals surface area contributed by atoms with Crippen LogP contribution in [0.2, 0.25) is 0 Å². The molecule has 4 bridgehead atoms. The minimum absolute atomic E-state index is 0.122. The summed E-state index contributed by atoms with van der Waals surface area (Å²) in [7, 11) is -6.31. The zero-order chi connectivity index (χ0) is 21.8. The molecule has 1 aliphatic heterocycles. The monoisotopic (exact) mass is 455 g/mol. The number of hydrogen-bond acceptors (Lipinski definition) is 6. The molecule has 0 radical (unpaired) electrons. The number of nitrogens with zero attached hydrogens (tertiary/aromatic N) is 1. The Morgan fingerprint density at radius 3 is 2.10 bits per heavy atom. The number of alkyl halides is 4. The Bertz CT molecular complexity index is 894. The Kier molecular flexibility index (Phi) is 4.23. The molecular weight excluding hydrogens is 434 g/mol. The van der Waals surface area contributed by atoms with Crippen LogP contribution in [-0.2, 0) is 24.0 Å². The second-order valence-electron chi connectivity index (χ2n) is 9.37. The summed E-state index contributed by atoms with van der Waals surface area (Å²) in [5.74, 6) is -10.4. The smallest absolute Gasteiger partial charge is 0.393 e. The molecule has 5 fully saturated rings. The Morgan fingerprint density at radius 2 is 1.47 bits per heavy atom. The van der Waals surface area contributed by atoms with E-state index in [4.69, 9.17) is 0 Å². The highest BCUT2D eigenvalue weighted by Crippen LogP contribution is 2.71. The summed E-state index contributed by atoms with van der Waals surface area (Å²) < 4.78 is 87.6. The molecule has 4 saturated carbocycles. The van der Waals surface area contributed by atoms with E-state index in [-0.39, 0.29) is 41.1 Å². The van der Waals surface area contributed by atoms with E-state index in [1.807, 2.05) is 0 Å². The van der Waals surface area contributed by atoms with Crippen molar-refractivity contribution in [3.05, 3.63) is 0 Å². The number of carbonyl (C=O) groups excluding carboxylic acids is 2. The van der Waals surface area contributed by atoms with Gasteiger partial charge in [-0.2, -0.15) is 26.0 Å². The summed E-state index contributed by atoms with van der Waals surface area (Å²) >= 11 is 0. The fourth-order valence-corrected chi connectivity index (χ4v) is 8.09. The van der Waals surface area contributed by atoms with Crippen LogP contribution in [0.3, 0.4) is 0 Å². The van der Waals surface area contributed by atoms with Crippen LogP contribution in [0.15, 0.2) is 0 Å². The lowest BCUT2D eigenvalue weighted by Gasteiger charge is -2.43. The number of imide groups is 1. The highest BCUT2D eigenvalue weighted by atomic mass is 32.2. The van der Waals surface area contributed by atoms with Crippen molar-refractivity contribution in [2.75, 3.05) is 0 Å². The molecule has 168 valence electrons. The lowest BCUT2D eigenvalue weighted by Crippen LogP contribution is -2.56. The summed E-state index contributed by atoms with van der Waals surface area (Å²) in [5.41, 5.74) is 0. The fraction of sp³-hybridized carbons (Fsp3) is 0.889. The zero-order valence-corrected chi connectivity index (χ0v) is 16.5. The van der Waals surface area contributed by atoms with Crippen LogP contribution in [0.5, 0.6) is 0 Å². The van der Waals surface area contributed by atoms with E-state index in [9.17, 15) is 31.9 Å². The Labute approximate surface area is 169 Å². The molecule has 0 aromatic rings. The Hall–Kier alpha value is -1.27. The molecule has 0 spiro atoms. The van der Waals surface area contributed by atoms with E-state index in [1.54, 1.807) is 0 Å². The summed E-state index contributed by atoms with van der Waals surface area (Å²) in [6.07, 6.45) is -0.136. The first-order valence-corrected chi connectivity index (χ1v) is 11.5. The number of hydrogen-bond donors (Lipinski definition) is 1. The van der Waals surface area contributed by atoms with Gasteiger partial charge < -0.3 is 5.11 Å². The Balaban J connectivity index is 1.41. The van der Waals surface area contributed by atoms with E-state index >= 15 is 8.78 Å². The van der Waals surface area contributed by atoms with Crippen molar-refractivity contribution < 1.29 is 45.0 Å². The first kappa shape index (κ1) is 20.6. The molecule has 8 unspecified atom stereocenters. The lowest BCUT2D eigenvalue weighted by atomic mass is 9.65. The van der Waals surface area contributed by atoms with Crippen molar-refractivity contribution >= 4 is 21.9 Å². The van der Waals surface area contributed by atoms with Gasteiger partial charge in [0.25, 0.3) is 11.8 Å². The molecule has 4 aliphatic carbocycles. The highest BCUT2D eigenvalue weighted by molar-refractivity contribution is 7.87. The summed E-state index contributed by atoms with van der Waals surface area (Å²) in [4.78, 5) is 23.0. The van der Waals surface area contributed by atoms with Crippen molar-refractivity contribution in [1.29, 1.82) is 0 Å². The van der Waals surface area contributed by atoms with Crippen molar-refractivity contribution in [2.24, 2.45) is 41.4 Å². The molecule has 30 heavy (non-hydrogen) atoms. The number of aliphatic hydroxyl groups is 1. The van der Waals surface area contributed by atoms with Crippen molar-refractivity contribution in [3.8, 4) is 0 Å². The summed E-state index contributed by atoms with van der Waals surface area (Å²) in [5, 5.41) is 4.17. The van der Waals surface area contributed by atoms with Crippen LogP contribution in [0, 0.1) is 41.4 Å². The standard InChI is InChI=1S/C18H21F4NO6S/c19-17(20,18(21,22)30(27,28)29-23-13(25)1-2-14(23)26)11-5-7-3-9(11)16-10-4-8(15(7)16)6-12(10)24/h7-12,15-16,24H,1-6H2. The zero-order valence-electron chi connectivity index (χ0n) is 15.7. The van der Waals surface area contributed by atoms with Crippen molar-refractivity contribution in [3.63, 3.8) is 0 Å². The van der Waals surface area contributed by atoms with Crippen LogP contribution in [0.25, 0.3) is 0 Å². The molecule has 0 aromatic carbocycles. The van der Waals surface area contributed by atoms with Gasteiger partial charge in [-0.15, -0.1) is 9.35 Å². The average molecular weight is 455 g/mol. The summed E-state index contributed by atoms with van der Waals surface area (Å²) in [6.45, 7) is 0. The van der Waals surface area contributed by atoms with Gasteiger partial charge >= 0.3 is 21.3 Å². The van der Waals surface area contributed by atoms with Gasteiger partial charge in [0.15, 0.2) is 0 Å². The second-order valence-corrected chi connectivity index (χ2v) is 10.9. The van der Waals surface area contributed by atoms with E-state index in [0.29, 0.717) is 19.3 Å². The fourth-order valence-electron chi connectivity index (χ4n) is 7.15. The van der Waals surface area contributed by atoms with Gasteiger partial charge in [0.1, 0.15) is 0 Å². The molecule has 12 heteroatoms. The quantitative estimate of drug-likeness (QED) is 0.386. The molecular formula is C18H21F4NO6S. The predicted octanol–water partition coefficient (Wildman–Crippen LogP) is 1.91. The molecule has 2 amide bonds. The molecule has 1 N–H and O–H groups in total. The van der Waals surface area contributed by atoms with Gasteiger partial charge in [0, 0.05) is 18.8 Å². The molecule has 1 saturated heterocycles. The third kappa shape index (κ3) is 2.46. The van der Waals surface area contributed by atoms with Gasteiger partial charge in [-0.05, 0) is 61.2 Å². The highest BCUT2D eigenvalue weighted by Gasteiger charge is 2.76. The van der Waals surface area contributed by atoms with Crippen LogP contribution in [0.1, 0.15) is 38.5 Å². The molecule has 7 nitrogen and oxygen atoms in total. The van der Waals surface area contributed by atoms with E-state index in [0.717, 1.165) is 0 Å². The number of fused-ring (bicyclic) bond motifs is 9. The van der Waals surface area contributed by atoms with Gasteiger partial charge in [-0.1, -0.05) is 0 Å². The first-order chi connectivity index (χ1) is 13.9. The van der Waals surface area contributed by atoms with E-state index in [2.05, 4.69) is 4.28 Å². The largest absolute Gasteiger partial charge is 0.433 e. The normalized spacial score (nSPS) is 43.2. The molecule has 8 atom stereocenters. The summed E-state index contributed by atoms with van der Waals surface area (Å²) in [6, 6.07) is 0. The van der Waals surface area contributed by atoms with Gasteiger partial charge in [0.05, 0.1) is 6.10 Å². The number of hydroxylamine groups is 2. The number of carbonyl (C=O) groups is 2. The maximum atomic E-state index is 15.1. The van der Waals surface area contributed by atoms with E-state index in [1.165, 1.54) is 0 Å². The lowest BCUT2D eigenvalue weighted by molar-refractivity contribution is -0.216. The predicted molar refractivity (Wildman–Crippen MR) is 89.9 cm³/mol. The molecule has 5 rings (SSSR count). The van der Waals surface area contributed by atoms with Gasteiger partial charge in [0.2, 0.25) is 0 Å². The second kappa shape index (κ2) is 6.16. The molecule has 5 aliphatic rings. The number of halogens is 4. The van der Waals surface area contributed by atoms with Crippen LogP contribution < -0.4 is 0 Å². The third-order valence-corrected chi connectivity index (χ3v) is 9.38. The third-order valence-electron chi connectivity index (χ3n) is 8.13. The number of aliphatic hydroxyl groups excluding tert-OH is 1. The SMILES string of the molecule is O=C1CCC(=O)N1OS(=O)(=O)C(F)(F)C(F)(F)C1CC2CC1C1C3CC(CC3O)C21. The number of amides is 2. The average Bonchev–Trinajstić information content (AvgIpc) is 3.44. The first-order valence-electron chi connectivity index (χ1n) is 10.1. The topological polar surface area (TPSA) is 101 Å². The number of rotatable bonds is 5. The molecule has 0 aromatic heterocycles. The van der Waals surface area contributed by atoms with Crippen LogP contribution in [-0.4, -0.2) is 47.7 Å². The van der Waals surface area contributed by atoms with Crippen LogP contribution in [0.4, 0.5) is 17.6 Å². The van der Waals surface area contributed by atoms with Gasteiger partial charge in [-0.3, -0.25) is 9.59 Å². The van der Waals surface area contributed by atoms with Crippen LogP contribution >= 0.6 is 0 Å². The minimum Gasteiger partial charge on any atom is -0.393 e. The maximum absolute atomic E-state index is 15.1. The van der Waals surface area contributed by atoms with Crippen molar-refractivity contribution in [1.82, 2.24) is 5.06 Å². The minimum atomic E-state index is -6.31. The Morgan fingerprint density at radius 1 is 0.900 bits per heavy atom. The van der Waals surface area contributed by atoms with Crippen molar-refractivity contribution in [2.45, 2.75) is 55.8 Å². The van der Waals surface area contributed by atoms with Gasteiger partial charge in [-0.25, -0.2) is 0 Å². The maximum Gasteiger partial charge on any atom is 0.433 e.